The van der Waals surface area contributed by atoms with Gasteiger partial charge in [-0.2, -0.15) is 0 Å². The van der Waals surface area contributed by atoms with Gasteiger partial charge in [0, 0.05) is 18.8 Å². The van der Waals surface area contributed by atoms with Gasteiger partial charge in [0.15, 0.2) is 0 Å². The Hall–Kier alpha value is -0.960. The number of nitrogens with one attached hydrogen (secondary N) is 2. The van der Waals surface area contributed by atoms with Gasteiger partial charge in [-0.25, -0.2) is 0 Å². The number of hydrogen-bond acceptors (Lipinski definition) is 3. The Bertz CT molecular complexity index is 159. The minimum atomic E-state index is 1.04. The highest BCUT2D eigenvalue weighted by Gasteiger charge is 2.13. The number of rotatable bonds is 0. The fraction of sp³-hybridized carbons (Fsp3) is 0.200. The summed E-state index contributed by atoms with van der Waals surface area (Å²) in [4.78, 5) is 0. The van der Waals surface area contributed by atoms with E-state index in [2.05, 4.69) is 17.0 Å². The molecular formula is C5H7N3. The van der Waals surface area contributed by atoms with Crippen molar-refractivity contribution in [1.82, 2.24) is 16.0 Å². The van der Waals surface area contributed by atoms with Crippen LogP contribution in [-0.2, 0) is 0 Å². The summed E-state index contributed by atoms with van der Waals surface area (Å²) in [6.45, 7) is 0. The molecule has 0 unspecified atom stereocenters. The zero-order chi connectivity index (χ0) is 5.40. The molecule has 0 aliphatic carbocycles. The predicted molar refractivity (Wildman–Crippen MR) is 30.0 cm³/mol. The molecule has 0 saturated carbocycles. The lowest BCUT2D eigenvalue weighted by Crippen LogP contribution is -2.31. The van der Waals surface area contributed by atoms with Crippen molar-refractivity contribution < 1.29 is 0 Å². The van der Waals surface area contributed by atoms with Gasteiger partial charge in [0.25, 0.3) is 0 Å². The van der Waals surface area contributed by atoms with E-state index in [4.69, 9.17) is 0 Å². The van der Waals surface area contributed by atoms with E-state index in [-0.39, 0.29) is 0 Å². The molecule has 0 fully saturated rings. The van der Waals surface area contributed by atoms with Gasteiger partial charge in [0.05, 0.1) is 5.70 Å². The van der Waals surface area contributed by atoms with Crippen LogP contribution in [0.5, 0.6) is 0 Å². The van der Waals surface area contributed by atoms with E-state index in [0.29, 0.717) is 0 Å². The van der Waals surface area contributed by atoms with Crippen LogP contribution in [0.15, 0.2) is 24.2 Å². The van der Waals surface area contributed by atoms with Crippen LogP contribution in [0, 0.1) is 0 Å². The smallest absolute Gasteiger partial charge is 0.0572 e. The normalized spacial score (nSPS) is 23.0. The fourth-order valence-corrected chi connectivity index (χ4v) is 0.896. The minimum absolute atomic E-state index is 1.04. The van der Waals surface area contributed by atoms with Crippen LogP contribution in [0.2, 0.25) is 0 Å². The molecule has 2 aliphatic rings. The molecule has 2 aliphatic heterocycles. The number of allylic oxidation sites excluding steroid dienone is 1. The lowest BCUT2D eigenvalue weighted by molar-refractivity contribution is 0.352. The highest BCUT2D eigenvalue weighted by Crippen LogP contribution is 2.16. The highest BCUT2D eigenvalue weighted by molar-refractivity contribution is 5.16. The molecule has 2 rings (SSSR count). The first-order chi connectivity index (χ1) is 3.97. The van der Waals surface area contributed by atoms with Crippen molar-refractivity contribution in [2.45, 2.75) is 6.42 Å². The third-order valence-corrected chi connectivity index (χ3v) is 1.31. The largest absolute Gasteiger partial charge is 0.309 e. The van der Waals surface area contributed by atoms with Gasteiger partial charge in [0.2, 0.25) is 0 Å². The van der Waals surface area contributed by atoms with Crippen LogP contribution < -0.4 is 11.0 Å². The minimum Gasteiger partial charge on any atom is -0.309 e. The molecule has 0 spiro atoms. The molecular weight excluding hydrogens is 102 g/mol. The Labute approximate surface area is 47.6 Å². The lowest BCUT2D eigenvalue weighted by Gasteiger charge is -2.08. The van der Waals surface area contributed by atoms with Crippen LogP contribution >= 0.6 is 0 Å². The number of nitrogens with zero attached hydrogens (tertiary/aromatic N) is 1. The molecule has 0 amide bonds. The van der Waals surface area contributed by atoms with Gasteiger partial charge >= 0.3 is 0 Å². The second-order valence-electron chi connectivity index (χ2n) is 1.85. The Morgan fingerprint density at radius 3 is 3.50 bits per heavy atom. The number of fused-ring (bicyclic) bond motifs is 1. The molecule has 0 bridgehead atoms. The van der Waals surface area contributed by atoms with Crippen LogP contribution in [0.1, 0.15) is 6.42 Å². The molecule has 0 atom stereocenters. The second-order valence-corrected chi connectivity index (χ2v) is 1.85. The van der Waals surface area contributed by atoms with Crippen molar-refractivity contribution in [2.24, 2.45) is 0 Å². The molecule has 0 aromatic rings. The maximum absolute atomic E-state index is 2.92. The van der Waals surface area contributed by atoms with Gasteiger partial charge in [-0.15, -0.1) is 5.53 Å². The summed E-state index contributed by atoms with van der Waals surface area (Å²) in [5.74, 6) is 0. The van der Waals surface area contributed by atoms with Crippen molar-refractivity contribution in [1.29, 1.82) is 0 Å². The van der Waals surface area contributed by atoms with Crippen molar-refractivity contribution in [3.05, 3.63) is 24.2 Å². The summed E-state index contributed by atoms with van der Waals surface area (Å²) in [7, 11) is 0. The SMILES string of the molecule is C1=CN2NNC=C2C1. The highest BCUT2D eigenvalue weighted by atomic mass is 15.7. The van der Waals surface area contributed by atoms with E-state index in [1.807, 2.05) is 17.4 Å². The van der Waals surface area contributed by atoms with Gasteiger partial charge in [0.1, 0.15) is 0 Å². The van der Waals surface area contributed by atoms with Crippen LogP contribution in [0.3, 0.4) is 0 Å². The monoisotopic (exact) mass is 109 g/mol. The topological polar surface area (TPSA) is 27.3 Å². The number of hydrazine groups is 2. The molecule has 2 heterocycles. The van der Waals surface area contributed by atoms with E-state index in [9.17, 15) is 0 Å². The summed E-state index contributed by atoms with van der Waals surface area (Å²) >= 11 is 0. The van der Waals surface area contributed by atoms with E-state index < -0.39 is 0 Å². The van der Waals surface area contributed by atoms with E-state index in [1.165, 1.54) is 5.70 Å². The van der Waals surface area contributed by atoms with Gasteiger partial charge in [-0.05, 0) is 0 Å². The van der Waals surface area contributed by atoms with Crippen molar-refractivity contribution in [3.8, 4) is 0 Å². The molecule has 0 saturated heterocycles. The zero-order valence-electron chi connectivity index (χ0n) is 4.39. The Balaban J connectivity index is 2.28. The maximum atomic E-state index is 2.92. The average molecular weight is 109 g/mol. The maximum Gasteiger partial charge on any atom is 0.0572 e. The third kappa shape index (κ3) is 0.364. The summed E-state index contributed by atoms with van der Waals surface area (Å²) in [6.07, 6.45) is 7.12. The molecule has 42 valence electrons. The van der Waals surface area contributed by atoms with E-state index in [1.54, 1.807) is 0 Å². The molecule has 3 nitrogen and oxygen atoms in total. The molecule has 8 heavy (non-hydrogen) atoms. The van der Waals surface area contributed by atoms with E-state index >= 15 is 0 Å². The van der Waals surface area contributed by atoms with Crippen LogP contribution in [-0.4, -0.2) is 5.01 Å². The molecule has 2 N–H and O–H groups in total. The Morgan fingerprint density at radius 2 is 2.62 bits per heavy atom. The lowest BCUT2D eigenvalue weighted by atomic mass is 10.4. The summed E-state index contributed by atoms with van der Waals surface area (Å²) in [5, 5.41) is 1.96. The first-order valence-corrected chi connectivity index (χ1v) is 2.63. The fourth-order valence-electron chi connectivity index (χ4n) is 0.896. The Morgan fingerprint density at radius 1 is 1.62 bits per heavy atom. The van der Waals surface area contributed by atoms with Gasteiger partial charge in [-0.1, -0.05) is 6.08 Å². The van der Waals surface area contributed by atoms with Gasteiger partial charge < -0.3 is 5.43 Å². The average Bonchev–Trinajstić information content (AvgIpc) is 2.15. The summed E-state index contributed by atoms with van der Waals surface area (Å²) in [6, 6.07) is 0. The molecule has 3 heteroatoms. The first-order valence-electron chi connectivity index (χ1n) is 2.63. The Kier molecular flexibility index (Phi) is 0.625. The van der Waals surface area contributed by atoms with Crippen molar-refractivity contribution >= 4 is 0 Å². The quantitative estimate of drug-likeness (QED) is 0.461. The van der Waals surface area contributed by atoms with Crippen molar-refractivity contribution in [2.75, 3.05) is 0 Å². The number of hydrogen-bond donors (Lipinski definition) is 2. The standard InChI is InChI=1S/C5H7N3/c1-2-5-4-6-7-8(5)3-1/h1,3-4,6-7H,2H2. The van der Waals surface area contributed by atoms with Crippen LogP contribution in [0.4, 0.5) is 0 Å². The zero-order valence-corrected chi connectivity index (χ0v) is 4.39. The van der Waals surface area contributed by atoms with E-state index in [0.717, 1.165) is 6.42 Å². The summed E-state index contributed by atoms with van der Waals surface area (Å²) < 4.78 is 0. The predicted octanol–water partition coefficient (Wildman–Crippen LogP) is 0.0700. The first kappa shape index (κ1) is 3.97. The van der Waals surface area contributed by atoms with Gasteiger partial charge in [-0.3, -0.25) is 5.01 Å². The summed E-state index contributed by atoms with van der Waals surface area (Å²) in [5.41, 5.74) is 7.09. The second kappa shape index (κ2) is 1.26. The third-order valence-electron chi connectivity index (χ3n) is 1.31. The molecule has 0 aromatic carbocycles. The van der Waals surface area contributed by atoms with Crippen molar-refractivity contribution in [3.63, 3.8) is 0 Å². The molecule has 0 radical (unpaired) electrons. The molecule has 0 aromatic heterocycles. The van der Waals surface area contributed by atoms with Crippen LogP contribution in [0.25, 0.3) is 0 Å².